The van der Waals surface area contributed by atoms with Gasteiger partial charge in [-0.2, -0.15) is 0 Å². The van der Waals surface area contributed by atoms with Crippen molar-refractivity contribution in [1.29, 1.82) is 0 Å². The van der Waals surface area contributed by atoms with Crippen LogP contribution in [0.25, 0.3) is 0 Å². The molecular formula is C21H24F2N4O4S. The summed E-state index contributed by atoms with van der Waals surface area (Å²) in [6.07, 6.45) is -0.263. The second-order valence-corrected chi connectivity index (χ2v) is 9.74. The highest BCUT2D eigenvalue weighted by atomic mass is 32.2. The molecule has 1 atom stereocenters. The number of nitrogens with two attached hydrogens (primary N) is 1. The Kier molecular flexibility index (Phi) is 5.80. The first kappa shape index (κ1) is 22.4. The lowest BCUT2D eigenvalue weighted by Gasteiger charge is -2.25. The zero-order valence-electron chi connectivity index (χ0n) is 17.5. The first-order chi connectivity index (χ1) is 15.0. The predicted molar refractivity (Wildman–Crippen MR) is 115 cm³/mol. The van der Waals surface area contributed by atoms with E-state index in [1.54, 1.807) is 11.0 Å². The lowest BCUT2D eigenvalue weighted by Crippen LogP contribution is -2.29. The maximum Gasteiger partial charge on any atom is 0.259 e. The summed E-state index contributed by atoms with van der Waals surface area (Å²) in [4.78, 5) is 19.4. The summed E-state index contributed by atoms with van der Waals surface area (Å²) in [7, 11) is -3.94. The van der Waals surface area contributed by atoms with Crippen LogP contribution in [0.15, 0.2) is 35.2 Å². The summed E-state index contributed by atoms with van der Waals surface area (Å²) in [5.74, 6) is -2.50. The Morgan fingerprint density at radius 2 is 2.06 bits per heavy atom. The van der Waals surface area contributed by atoms with Crippen molar-refractivity contribution in [3.8, 4) is 5.75 Å². The van der Waals surface area contributed by atoms with Crippen molar-refractivity contribution in [2.75, 3.05) is 29.9 Å². The molecule has 1 unspecified atom stereocenters. The van der Waals surface area contributed by atoms with Gasteiger partial charge in [0.05, 0.1) is 22.8 Å². The first-order valence-electron chi connectivity index (χ1n) is 10.3. The molecule has 2 aliphatic rings. The van der Waals surface area contributed by atoms with Gasteiger partial charge in [-0.15, -0.1) is 0 Å². The van der Waals surface area contributed by atoms with Crippen LogP contribution in [-0.2, 0) is 10.0 Å². The quantitative estimate of drug-likeness (QED) is 0.716. The van der Waals surface area contributed by atoms with Crippen LogP contribution in [0.4, 0.5) is 20.3 Å². The summed E-state index contributed by atoms with van der Waals surface area (Å²) in [5.41, 5.74) is 1.08. The Morgan fingerprint density at radius 1 is 1.28 bits per heavy atom. The number of primary sulfonamides is 1. The number of anilines is 2. The molecule has 2 aliphatic heterocycles. The van der Waals surface area contributed by atoms with E-state index in [1.165, 1.54) is 24.3 Å². The Morgan fingerprint density at radius 3 is 2.81 bits per heavy atom. The number of amides is 1. The molecule has 0 radical (unpaired) electrons. The topological polar surface area (TPSA) is 115 Å². The predicted octanol–water partition coefficient (Wildman–Crippen LogP) is 3.10. The van der Waals surface area contributed by atoms with Crippen LogP contribution in [-0.4, -0.2) is 44.9 Å². The van der Waals surface area contributed by atoms with E-state index >= 15 is 0 Å². The number of nitrogens with zero attached hydrogens (tertiary/aromatic N) is 2. The number of benzene rings is 1. The molecule has 0 bridgehead atoms. The summed E-state index contributed by atoms with van der Waals surface area (Å²) in [5, 5.41) is 7.82. The number of alkyl halides is 2. The van der Waals surface area contributed by atoms with Crippen LogP contribution in [0.3, 0.4) is 0 Å². The normalized spacial score (nSPS) is 20.2. The third kappa shape index (κ3) is 4.68. The van der Waals surface area contributed by atoms with E-state index in [-0.39, 0.29) is 47.9 Å². The van der Waals surface area contributed by atoms with Gasteiger partial charge in [0.2, 0.25) is 15.9 Å². The number of rotatable bonds is 4. The standard InChI is InChI=1S/C21H24F2N4O4S/c1-13-12-31-17-11-16(20(28)25-14-4-2-5-15(10-14)32(24,29)30)19(26-18(13)17)27-8-3-6-21(22,23)7-9-27/h2,4-5,10-11,13H,3,6-9,12H2,1H3,(H,25,28)(H2,24,29,30). The molecule has 8 nitrogen and oxygen atoms in total. The fourth-order valence-corrected chi connectivity index (χ4v) is 4.45. The van der Waals surface area contributed by atoms with Gasteiger partial charge in [-0.3, -0.25) is 4.79 Å². The second kappa shape index (κ2) is 8.28. The molecule has 3 heterocycles. The number of ether oxygens (including phenoxy) is 1. The maximum absolute atomic E-state index is 13.9. The minimum Gasteiger partial charge on any atom is -0.491 e. The number of carbonyl (C=O) groups is 1. The van der Waals surface area contributed by atoms with Gasteiger partial charge in [-0.25, -0.2) is 27.3 Å². The maximum atomic E-state index is 13.9. The molecule has 0 aliphatic carbocycles. The molecule has 11 heteroatoms. The summed E-state index contributed by atoms with van der Waals surface area (Å²) >= 11 is 0. The van der Waals surface area contributed by atoms with Gasteiger partial charge in [0, 0.05) is 37.5 Å². The largest absolute Gasteiger partial charge is 0.491 e. The molecular weight excluding hydrogens is 442 g/mol. The molecule has 3 N–H and O–H groups in total. The fraction of sp³-hybridized carbons (Fsp3) is 0.429. The van der Waals surface area contributed by atoms with E-state index in [0.717, 1.165) is 0 Å². The van der Waals surface area contributed by atoms with Crippen LogP contribution in [0, 0.1) is 0 Å². The van der Waals surface area contributed by atoms with Gasteiger partial charge < -0.3 is 15.0 Å². The minimum atomic E-state index is -3.94. The zero-order valence-corrected chi connectivity index (χ0v) is 18.3. The van der Waals surface area contributed by atoms with Crippen LogP contribution < -0.4 is 20.1 Å². The zero-order chi connectivity index (χ0) is 23.1. The minimum absolute atomic E-state index is 0.0146. The van der Waals surface area contributed by atoms with Crippen LogP contribution >= 0.6 is 0 Å². The molecule has 2 aromatic rings. The monoisotopic (exact) mass is 466 g/mol. The first-order valence-corrected chi connectivity index (χ1v) is 11.8. The van der Waals surface area contributed by atoms with Crippen molar-refractivity contribution in [2.45, 2.75) is 42.9 Å². The van der Waals surface area contributed by atoms with Crippen LogP contribution in [0.5, 0.6) is 5.75 Å². The Bertz CT molecular complexity index is 1160. The number of halogens is 2. The highest BCUT2D eigenvalue weighted by molar-refractivity contribution is 7.89. The number of pyridine rings is 1. The van der Waals surface area contributed by atoms with Gasteiger partial charge in [0.1, 0.15) is 11.6 Å². The third-order valence-electron chi connectivity index (χ3n) is 5.63. The van der Waals surface area contributed by atoms with Gasteiger partial charge >= 0.3 is 0 Å². The van der Waals surface area contributed by atoms with E-state index in [0.29, 0.717) is 30.4 Å². The van der Waals surface area contributed by atoms with Gasteiger partial charge in [-0.05, 0) is 30.7 Å². The van der Waals surface area contributed by atoms with Gasteiger partial charge in [0.25, 0.3) is 5.91 Å². The number of sulfonamides is 1. The molecule has 1 aromatic carbocycles. The smallest absolute Gasteiger partial charge is 0.259 e. The lowest BCUT2D eigenvalue weighted by molar-refractivity contribution is -0.0102. The number of hydrogen-bond donors (Lipinski definition) is 2. The van der Waals surface area contributed by atoms with Gasteiger partial charge in [0.15, 0.2) is 0 Å². The number of carbonyl (C=O) groups excluding carboxylic acids is 1. The summed E-state index contributed by atoms with van der Waals surface area (Å²) in [6.45, 7) is 2.77. The van der Waals surface area contributed by atoms with Crippen molar-refractivity contribution >= 4 is 27.4 Å². The van der Waals surface area contributed by atoms with Crippen molar-refractivity contribution in [2.24, 2.45) is 5.14 Å². The molecule has 1 fully saturated rings. The SMILES string of the molecule is CC1COc2cc(C(=O)Nc3cccc(S(N)(=O)=O)c3)c(N3CCCC(F)(F)CC3)nc21. The van der Waals surface area contributed by atoms with E-state index < -0.39 is 21.9 Å². The average Bonchev–Trinajstić information content (AvgIpc) is 2.98. The van der Waals surface area contributed by atoms with E-state index in [4.69, 9.17) is 9.88 Å². The third-order valence-corrected chi connectivity index (χ3v) is 6.54. The lowest BCUT2D eigenvalue weighted by atomic mass is 10.1. The molecule has 172 valence electrons. The van der Waals surface area contributed by atoms with Crippen molar-refractivity contribution in [3.05, 3.63) is 41.6 Å². The molecule has 1 saturated heterocycles. The Balaban J connectivity index is 1.69. The van der Waals surface area contributed by atoms with E-state index in [9.17, 15) is 22.0 Å². The van der Waals surface area contributed by atoms with Crippen molar-refractivity contribution in [3.63, 3.8) is 0 Å². The molecule has 1 amide bonds. The Labute approximate surface area is 184 Å². The highest BCUT2D eigenvalue weighted by Crippen LogP contribution is 2.38. The summed E-state index contributed by atoms with van der Waals surface area (Å²) < 4.78 is 56.7. The van der Waals surface area contributed by atoms with Crippen molar-refractivity contribution in [1.82, 2.24) is 4.98 Å². The average molecular weight is 467 g/mol. The fourth-order valence-electron chi connectivity index (χ4n) is 3.89. The summed E-state index contributed by atoms with van der Waals surface area (Å²) in [6, 6.07) is 7.12. The number of hydrogen-bond acceptors (Lipinski definition) is 6. The Hall–Kier alpha value is -2.79. The van der Waals surface area contributed by atoms with Crippen LogP contribution in [0.2, 0.25) is 0 Å². The van der Waals surface area contributed by atoms with E-state index in [2.05, 4.69) is 10.3 Å². The number of fused-ring (bicyclic) bond motifs is 1. The molecule has 0 saturated carbocycles. The molecule has 1 aromatic heterocycles. The highest BCUT2D eigenvalue weighted by Gasteiger charge is 2.34. The van der Waals surface area contributed by atoms with Crippen molar-refractivity contribution < 1.29 is 26.7 Å². The van der Waals surface area contributed by atoms with E-state index in [1.807, 2.05) is 6.92 Å². The molecule has 4 rings (SSSR count). The number of aromatic nitrogens is 1. The molecule has 32 heavy (non-hydrogen) atoms. The van der Waals surface area contributed by atoms with Crippen LogP contribution in [0.1, 0.15) is 48.2 Å². The number of nitrogens with one attached hydrogen (secondary N) is 1. The van der Waals surface area contributed by atoms with Gasteiger partial charge in [-0.1, -0.05) is 13.0 Å². The second-order valence-electron chi connectivity index (χ2n) is 8.18. The molecule has 0 spiro atoms.